The SMILES string of the molecule is CC(C)c1ccc(C2(C(=O)O)CCCCC2)c(O)c1. The zero-order valence-electron chi connectivity index (χ0n) is 11.6. The van der Waals surface area contributed by atoms with Gasteiger partial charge in [-0.25, -0.2) is 0 Å². The monoisotopic (exact) mass is 262 g/mol. The minimum absolute atomic E-state index is 0.135. The van der Waals surface area contributed by atoms with E-state index in [0.29, 0.717) is 24.3 Å². The molecule has 1 saturated carbocycles. The number of aromatic hydroxyl groups is 1. The Labute approximate surface area is 114 Å². The lowest BCUT2D eigenvalue weighted by Gasteiger charge is -2.34. The van der Waals surface area contributed by atoms with Crippen molar-refractivity contribution in [3.8, 4) is 5.75 Å². The van der Waals surface area contributed by atoms with Gasteiger partial charge in [0, 0.05) is 5.56 Å². The number of rotatable bonds is 3. The van der Waals surface area contributed by atoms with Crippen molar-refractivity contribution in [3.05, 3.63) is 29.3 Å². The molecule has 0 aromatic heterocycles. The van der Waals surface area contributed by atoms with Crippen LogP contribution in [-0.4, -0.2) is 16.2 Å². The predicted octanol–water partition coefficient (Wildman–Crippen LogP) is 3.80. The van der Waals surface area contributed by atoms with Crippen molar-refractivity contribution in [2.45, 2.75) is 57.3 Å². The summed E-state index contributed by atoms with van der Waals surface area (Å²) in [6, 6.07) is 5.47. The number of aliphatic carboxylic acids is 1. The Kier molecular flexibility index (Phi) is 3.83. The molecule has 0 bridgehead atoms. The molecule has 0 unspecified atom stereocenters. The Balaban J connectivity index is 2.45. The number of carboxylic acid groups (broad SMARTS) is 1. The van der Waals surface area contributed by atoms with Gasteiger partial charge in [0.15, 0.2) is 0 Å². The van der Waals surface area contributed by atoms with Crippen molar-refractivity contribution in [2.75, 3.05) is 0 Å². The molecule has 0 amide bonds. The van der Waals surface area contributed by atoms with Gasteiger partial charge in [-0.1, -0.05) is 45.2 Å². The molecule has 0 aliphatic heterocycles. The fourth-order valence-electron chi connectivity index (χ4n) is 3.07. The van der Waals surface area contributed by atoms with Gasteiger partial charge in [0.2, 0.25) is 0 Å². The van der Waals surface area contributed by atoms with Gasteiger partial charge in [-0.3, -0.25) is 4.79 Å². The molecule has 1 aromatic carbocycles. The molecule has 19 heavy (non-hydrogen) atoms. The summed E-state index contributed by atoms with van der Waals surface area (Å²) in [7, 11) is 0. The molecule has 1 fully saturated rings. The fraction of sp³-hybridized carbons (Fsp3) is 0.562. The molecule has 0 radical (unpaired) electrons. The van der Waals surface area contributed by atoms with Crippen LogP contribution in [0.2, 0.25) is 0 Å². The fourth-order valence-corrected chi connectivity index (χ4v) is 3.07. The van der Waals surface area contributed by atoms with Crippen LogP contribution in [0.15, 0.2) is 18.2 Å². The minimum atomic E-state index is -0.891. The zero-order valence-corrected chi connectivity index (χ0v) is 11.6. The highest BCUT2D eigenvalue weighted by Gasteiger charge is 2.43. The predicted molar refractivity (Wildman–Crippen MR) is 74.6 cm³/mol. The van der Waals surface area contributed by atoms with Crippen molar-refractivity contribution in [1.82, 2.24) is 0 Å². The number of phenols is 1. The Bertz CT molecular complexity index is 471. The maximum atomic E-state index is 11.7. The maximum Gasteiger partial charge on any atom is 0.314 e. The first-order valence-electron chi connectivity index (χ1n) is 7.04. The molecule has 1 aliphatic rings. The molecule has 3 nitrogen and oxygen atoms in total. The van der Waals surface area contributed by atoms with Crippen LogP contribution in [0, 0.1) is 0 Å². The third-order valence-corrected chi connectivity index (χ3v) is 4.32. The summed E-state index contributed by atoms with van der Waals surface area (Å²) in [6.45, 7) is 4.12. The average Bonchev–Trinajstić information content (AvgIpc) is 2.39. The van der Waals surface area contributed by atoms with Crippen molar-refractivity contribution in [3.63, 3.8) is 0 Å². The van der Waals surface area contributed by atoms with Crippen LogP contribution in [0.4, 0.5) is 0 Å². The van der Waals surface area contributed by atoms with Gasteiger partial charge in [-0.15, -0.1) is 0 Å². The van der Waals surface area contributed by atoms with Gasteiger partial charge in [0.1, 0.15) is 5.75 Å². The number of carbonyl (C=O) groups is 1. The Morgan fingerprint density at radius 3 is 2.32 bits per heavy atom. The summed E-state index contributed by atoms with van der Waals surface area (Å²) in [5.74, 6) is -0.345. The average molecular weight is 262 g/mol. The quantitative estimate of drug-likeness (QED) is 0.871. The van der Waals surface area contributed by atoms with Crippen LogP contribution < -0.4 is 0 Å². The first kappa shape index (κ1) is 13.9. The molecular formula is C16H22O3. The molecule has 0 heterocycles. The summed E-state index contributed by atoms with van der Waals surface area (Å²) in [4.78, 5) is 11.7. The first-order chi connectivity index (χ1) is 8.97. The van der Waals surface area contributed by atoms with Crippen LogP contribution in [0.5, 0.6) is 5.75 Å². The lowest BCUT2D eigenvalue weighted by molar-refractivity contribution is -0.145. The second kappa shape index (κ2) is 5.24. The van der Waals surface area contributed by atoms with Gasteiger partial charge >= 0.3 is 5.97 Å². The van der Waals surface area contributed by atoms with E-state index < -0.39 is 11.4 Å². The summed E-state index contributed by atoms with van der Waals surface area (Å²) in [5.41, 5.74) is 0.736. The maximum absolute atomic E-state index is 11.7. The molecule has 0 saturated heterocycles. The van der Waals surface area contributed by atoms with Crippen molar-refractivity contribution >= 4 is 5.97 Å². The Hall–Kier alpha value is -1.51. The molecule has 2 rings (SSSR count). The highest BCUT2D eigenvalue weighted by Crippen LogP contribution is 2.43. The lowest BCUT2D eigenvalue weighted by Crippen LogP contribution is -2.37. The first-order valence-corrected chi connectivity index (χ1v) is 7.04. The number of phenolic OH excluding ortho intramolecular Hbond substituents is 1. The summed E-state index contributed by atoms with van der Waals surface area (Å²) in [6.07, 6.45) is 4.16. The van der Waals surface area contributed by atoms with Gasteiger partial charge < -0.3 is 10.2 Å². The zero-order chi connectivity index (χ0) is 14.0. The standard InChI is InChI=1S/C16H22O3/c1-11(2)12-6-7-13(14(17)10-12)16(15(18)19)8-4-3-5-9-16/h6-7,10-11,17H,3-5,8-9H2,1-2H3,(H,18,19). The van der Waals surface area contributed by atoms with E-state index in [1.54, 1.807) is 6.07 Å². The molecule has 2 N–H and O–H groups in total. The molecule has 104 valence electrons. The van der Waals surface area contributed by atoms with Gasteiger partial charge in [0.05, 0.1) is 5.41 Å². The molecule has 3 heteroatoms. The topological polar surface area (TPSA) is 57.5 Å². The van der Waals surface area contributed by atoms with Crippen molar-refractivity contribution < 1.29 is 15.0 Å². The highest BCUT2D eigenvalue weighted by molar-refractivity contribution is 5.82. The molecule has 1 aliphatic carbocycles. The molecule has 0 spiro atoms. The van der Waals surface area contributed by atoms with Crippen LogP contribution >= 0.6 is 0 Å². The van der Waals surface area contributed by atoms with Crippen LogP contribution in [0.1, 0.15) is 63.0 Å². The molecule has 0 atom stereocenters. The van der Waals surface area contributed by atoms with E-state index in [9.17, 15) is 15.0 Å². The van der Waals surface area contributed by atoms with E-state index in [1.165, 1.54) is 0 Å². The van der Waals surface area contributed by atoms with Gasteiger partial charge in [-0.2, -0.15) is 0 Å². The van der Waals surface area contributed by atoms with Gasteiger partial charge in [0.25, 0.3) is 0 Å². The number of carboxylic acids is 1. The lowest BCUT2D eigenvalue weighted by atomic mass is 9.69. The Morgan fingerprint density at radius 1 is 1.21 bits per heavy atom. The van der Waals surface area contributed by atoms with Gasteiger partial charge in [-0.05, 0) is 30.4 Å². The molecule has 1 aromatic rings. The summed E-state index contributed by atoms with van der Waals surface area (Å²) >= 11 is 0. The van der Waals surface area contributed by atoms with Crippen LogP contribution in [-0.2, 0) is 10.2 Å². The van der Waals surface area contributed by atoms with E-state index in [0.717, 1.165) is 24.8 Å². The van der Waals surface area contributed by atoms with E-state index in [4.69, 9.17) is 0 Å². The third kappa shape index (κ3) is 2.46. The number of hydrogen-bond acceptors (Lipinski definition) is 2. The minimum Gasteiger partial charge on any atom is -0.508 e. The van der Waals surface area contributed by atoms with Crippen LogP contribution in [0.25, 0.3) is 0 Å². The summed E-state index contributed by atoms with van der Waals surface area (Å²) < 4.78 is 0. The Morgan fingerprint density at radius 2 is 1.84 bits per heavy atom. The number of hydrogen-bond donors (Lipinski definition) is 2. The second-order valence-corrected chi connectivity index (χ2v) is 5.88. The normalized spacial score (nSPS) is 18.5. The van der Waals surface area contributed by atoms with Crippen molar-refractivity contribution in [1.29, 1.82) is 0 Å². The number of benzene rings is 1. The van der Waals surface area contributed by atoms with Crippen molar-refractivity contribution in [2.24, 2.45) is 0 Å². The van der Waals surface area contributed by atoms with E-state index in [-0.39, 0.29) is 5.75 Å². The third-order valence-electron chi connectivity index (χ3n) is 4.32. The highest BCUT2D eigenvalue weighted by atomic mass is 16.4. The molecular weight excluding hydrogens is 240 g/mol. The largest absolute Gasteiger partial charge is 0.508 e. The van der Waals surface area contributed by atoms with E-state index in [2.05, 4.69) is 13.8 Å². The van der Waals surface area contributed by atoms with E-state index >= 15 is 0 Å². The summed E-state index contributed by atoms with van der Waals surface area (Å²) in [5, 5.41) is 19.9. The van der Waals surface area contributed by atoms with E-state index in [1.807, 2.05) is 12.1 Å². The van der Waals surface area contributed by atoms with Crippen LogP contribution in [0.3, 0.4) is 0 Å². The smallest absolute Gasteiger partial charge is 0.314 e. The second-order valence-electron chi connectivity index (χ2n) is 5.88.